The van der Waals surface area contributed by atoms with Crippen molar-refractivity contribution in [3.8, 4) is 0 Å². The summed E-state index contributed by atoms with van der Waals surface area (Å²) < 4.78 is 25.6. The maximum atomic E-state index is 11.7. The van der Waals surface area contributed by atoms with E-state index >= 15 is 0 Å². The molecule has 7 heteroatoms. The van der Waals surface area contributed by atoms with Gasteiger partial charge in [0.15, 0.2) is 0 Å². The van der Waals surface area contributed by atoms with Crippen molar-refractivity contribution in [2.45, 2.75) is 38.2 Å². The van der Waals surface area contributed by atoms with E-state index in [2.05, 4.69) is 30.8 Å². The van der Waals surface area contributed by atoms with E-state index in [1.807, 2.05) is 0 Å². The third kappa shape index (κ3) is 5.53. The van der Waals surface area contributed by atoms with Gasteiger partial charge in [-0.05, 0) is 37.1 Å². The molecule has 1 rings (SSSR count). The van der Waals surface area contributed by atoms with Crippen LogP contribution in [0.3, 0.4) is 0 Å². The lowest BCUT2D eigenvalue weighted by molar-refractivity contribution is 0.132. The fourth-order valence-corrected chi connectivity index (χ4v) is 2.86. The van der Waals surface area contributed by atoms with Crippen LogP contribution in [0.4, 0.5) is 11.4 Å². The fourth-order valence-electron chi connectivity index (χ4n) is 2.03. The molecule has 5 N–H and O–H groups in total. The van der Waals surface area contributed by atoms with Crippen LogP contribution in [0.2, 0.25) is 0 Å². The van der Waals surface area contributed by atoms with E-state index in [9.17, 15) is 13.5 Å². The number of aliphatic hydroxyl groups is 1. The summed E-state index contributed by atoms with van der Waals surface area (Å²) in [5.41, 5.74) is 6.66. The Morgan fingerprint density at radius 1 is 1.33 bits per heavy atom. The molecule has 0 aliphatic carbocycles. The third-order valence-electron chi connectivity index (χ3n) is 2.96. The average Bonchev–Trinajstić information content (AvgIpc) is 2.34. The molecular formula is C14H25N3O3S. The van der Waals surface area contributed by atoms with Crippen molar-refractivity contribution in [1.82, 2.24) is 4.72 Å². The van der Waals surface area contributed by atoms with Gasteiger partial charge in [-0.3, -0.25) is 0 Å². The lowest BCUT2D eigenvalue weighted by Crippen LogP contribution is -2.25. The van der Waals surface area contributed by atoms with Crippen LogP contribution in [-0.2, 0) is 10.0 Å². The van der Waals surface area contributed by atoms with Crippen molar-refractivity contribution < 1.29 is 13.5 Å². The number of hydrogen-bond donors (Lipinski definition) is 4. The predicted molar refractivity (Wildman–Crippen MR) is 85.7 cm³/mol. The van der Waals surface area contributed by atoms with Gasteiger partial charge >= 0.3 is 0 Å². The first-order chi connectivity index (χ1) is 9.55. The Morgan fingerprint density at radius 2 is 1.95 bits per heavy atom. The molecule has 0 aliphatic heterocycles. The molecule has 120 valence electrons. The SMILES string of the molecule is CNS(=O)(=O)c1ccc(NCC(O)CC(C)(C)C)cc1N. The Kier molecular flexibility index (Phi) is 5.61. The third-order valence-corrected chi connectivity index (χ3v) is 4.45. The first kappa shape index (κ1) is 17.7. The number of hydrogen-bond acceptors (Lipinski definition) is 5. The van der Waals surface area contributed by atoms with E-state index < -0.39 is 16.1 Å². The summed E-state index contributed by atoms with van der Waals surface area (Å²) in [6.45, 7) is 6.57. The van der Waals surface area contributed by atoms with Gasteiger partial charge < -0.3 is 16.2 Å². The van der Waals surface area contributed by atoms with E-state index in [0.717, 1.165) is 0 Å². The summed E-state index contributed by atoms with van der Waals surface area (Å²) in [6.07, 6.45) is 0.189. The van der Waals surface area contributed by atoms with Crippen molar-refractivity contribution in [2.24, 2.45) is 5.41 Å². The van der Waals surface area contributed by atoms with Gasteiger partial charge in [-0.15, -0.1) is 0 Å². The molecule has 1 atom stereocenters. The summed E-state index contributed by atoms with van der Waals surface area (Å²) in [6, 6.07) is 4.62. The minimum Gasteiger partial charge on any atom is -0.398 e. The Bertz CT molecular complexity index is 580. The lowest BCUT2D eigenvalue weighted by Gasteiger charge is -2.23. The topological polar surface area (TPSA) is 104 Å². The average molecular weight is 315 g/mol. The van der Waals surface area contributed by atoms with Crippen molar-refractivity contribution >= 4 is 21.4 Å². The minimum atomic E-state index is -3.55. The van der Waals surface area contributed by atoms with E-state index in [4.69, 9.17) is 5.73 Å². The van der Waals surface area contributed by atoms with Gasteiger partial charge in [-0.25, -0.2) is 13.1 Å². The molecule has 0 fully saturated rings. The van der Waals surface area contributed by atoms with Crippen LogP contribution in [0, 0.1) is 5.41 Å². The molecule has 1 unspecified atom stereocenters. The standard InChI is InChI=1S/C14H25N3O3S/c1-14(2,3)8-11(18)9-17-10-5-6-13(12(15)7-10)21(19,20)16-4/h5-7,11,16-18H,8-9,15H2,1-4H3. The number of nitrogen functional groups attached to an aromatic ring is 1. The maximum Gasteiger partial charge on any atom is 0.242 e. The second kappa shape index (κ2) is 6.64. The highest BCUT2D eigenvalue weighted by atomic mass is 32.2. The summed E-state index contributed by atoms with van der Waals surface area (Å²) in [5, 5.41) is 13.0. The number of rotatable bonds is 6. The molecule has 0 aliphatic rings. The fraction of sp³-hybridized carbons (Fsp3) is 0.571. The first-order valence-corrected chi connectivity index (χ1v) is 8.28. The van der Waals surface area contributed by atoms with Crippen LogP contribution in [0.25, 0.3) is 0 Å². The van der Waals surface area contributed by atoms with E-state index in [0.29, 0.717) is 18.7 Å². The second-order valence-corrected chi connectivity index (χ2v) is 8.11. The van der Waals surface area contributed by atoms with Gasteiger partial charge in [-0.2, -0.15) is 0 Å². The summed E-state index contributed by atoms with van der Waals surface area (Å²) >= 11 is 0. The van der Waals surface area contributed by atoms with Crippen LogP contribution >= 0.6 is 0 Å². The van der Waals surface area contributed by atoms with Crippen molar-refractivity contribution in [2.75, 3.05) is 24.6 Å². The zero-order valence-electron chi connectivity index (χ0n) is 13.0. The molecule has 0 saturated heterocycles. The Morgan fingerprint density at radius 3 is 2.43 bits per heavy atom. The van der Waals surface area contributed by atoms with Gasteiger partial charge in [0.25, 0.3) is 0 Å². The highest BCUT2D eigenvalue weighted by Gasteiger charge is 2.17. The van der Waals surface area contributed by atoms with E-state index in [-0.39, 0.29) is 16.0 Å². The van der Waals surface area contributed by atoms with E-state index in [1.54, 1.807) is 12.1 Å². The molecule has 1 aromatic rings. The number of sulfonamides is 1. The van der Waals surface area contributed by atoms with Crippen molar-refractivity contribution in [3.05, 3.63) is 18.2 Å². The van der Waals surface area contributed by atoms with Gasteiger partial charge in [0.1, 0.15) is 4.90 Å². The molecule has 0 radical (unpaired) electrons. The largest absolute Gasteiger partial charge is 0.398 e. The van der Waals surface area contributed by atoms with Gasteiger partial charge in [0.05, 0.1) is 11.8 Å². The molecule has 1 aromatic carbocycles. The first-order valence-electron chi connectivity index (χ1n) is 6.80. The van der Waals surface area contributed by atoms with Crippen LogP contribution in [-0.4, -0.2) is 33.2 Å². The monoisotopic (exact) mass is 315 g/mol. The molecular weight excluding hydrogens is 290 g/mol. The highest BCUT2D eigenvalue weighted by molar-refractivity contribution is 7.89. The van der Waals surface area contributed by atoms with Gasteiger partial charge in [-0.1, -0.05) is 20.8 Å². The lowest BCUT2D eigenvalue weighted by atomic mass is 9.89. The number of nitrogens with two attached hydrogens (primary N) is 1. The number of nitrogens with one attached hydrogen (secondary N) is 2. The zero-order valence-corrected chi connectivity index (χ0v) is 13.8. The predicted octanol–water partition coefficient (Wildman–Crippen LogP) is 1.39. The minimum absolute atomic E-state index is 0.0465. The van der Waals surface area contributed by atoms with Gasteiger partial charge in [0, 0.05) is 12.2 Å². The maximum absolute atomic E-state index is 11.7. The Labute approximate surface area is 126 Å². The smallest absolute Gasteiger partial charge is 0.242 e. The molecule has 21 heavy (non-hydrogen) atoms. The zero-order chi connectivity index (χ0) is 16.3. The molecule has 0 saturated carbocycles. The Hall–Kier alpha value is -1.31. The Balaban J connectivity index is 2.73. The van der Waals surface area contributed by atoms with Crippen LogP contribution in [0.1, 0.15) is 27.2 Å². The van der Waals surface area contributed by atoms with E-state index in [1.165, 1.54) is 13.1 Å². The summed E-state index contributed by atoms with van der Waals surface area (Å²) in [4.78, 5) is 0.0470. The number of benzene rings is 1. The number of anilines is 2. The van der Waals surface area contributed by atoms with Crippen molar-refractivity contribution in [3.63, 3.8) is 0 Å². The van der Waals surface area contributed by atoms with Crippen LogP contribution in [0.5, 0.6) is 0 Å². The second-order valence-electron chi connectivity index (χ2n) is 6.26. The molecule has 0 bridgehead atoms. The summed E-state index contributed by atoms with van der Waals surface area (Å²) in [7, 11) is -2.22. The normalized spacial score (nSPS) is 14.0. The van der Waals surface area contributed by atoms with Crippen molar-refractivity contribution in [1.29, 1.82) is 0 Å². The van der Waals surface area contributed by atoms with Crippen LogP contribution < -0.4 is 15.8 Å². The van der Waals surface area contributed by atoms with Crippen LogP contribution in [0.15, 0.2) is 23.1 Å². The highest BCUT2D eigenvalue weighted by Crippen LogP contribution is 2.23. The molecule has 0 aromatic heterocycles. The van der Waals surface area contributed by atoms with Gasteiger partial charge in [0.2, 0.25) is 10.0 Å². The summed E-state index contributed by atoms with van der Waals surface area (Å²) in [5.74, 6) is 0. The quantitative estimate of drug-likeness (QED) is 0.594. The molecule has 0 heterocycles. The molecule has 0 amide bonds. The molecule has 0 spiro atoms. The number of aliphatic hydroxyl groups excluding tert-OH is 1. The molecule has 6 nitrogen and oxygen atoms in total.